The fourth-order valence-electron chi connectivity index (χ4n) is 3.29. The van der Waals surface area contributed by atoms with E-state index in [1.54, 1.807) is 0 Å². The summed E-state index contributed by atoms with van der Waals surface area (Å²) >= 11 is 0. The van der Waals surface area contributed by atoms with Crippen LogP contribution in [-0.4, -0.2) is 23.4 Å². The number of amides is 1. The van der Waals surface area contributed by atoms with Gasteiger partial charge in [0.1, 0.15) is 0 Å². The van der Waals surface area contributed by atoms with Crippen LogP contribution in [0.5, 0.6) is 0 Å². The Bertz CT molecular complexity index is 250. The molecule has 1 rings (SSSR count). The third-order valence-corrected chi connectivity index (χ3v) is 4.07. The molecule has 1 fully saturated rings. The van der Waals surface area contributed by atoms with Crippen molar-refractivity contribution in [3.8, 4) is 0 Å². The predicted octanol–water partition coefficient (Wildman–Crippen LogP) is 3.56. The summed E-state index contributed by atoms with van der Waals surface area (Å²) in [4.78, 5) is 14.8. The van der Waals surface area contributed by atoms with Crippen molar-refractivity contribution < 1.29 is 4.79 Å². The Morgan fingerprint density at radius 3 is 2.00 bits per heavy atom. The van der Waals surface area contributed by atoms with Crippen LogP contribution in [0.15, 0.2) is 0 Å². The van der Waals surface area contributed by atoms with Crippen molar-refractivity contribution in [3.05, 3.63) is 0 Å². The molecular formula is C15H29NO. The van der Waals surface area contributed by atoms with Crippen LogP contribution in [0.25, 0.3) is 0 Å². The highest BCUT2D eigenvalue weighted by Gasteiger charge is 2.36. The predicted molar refractivity (Wildman–Crippen MR) is 72.7 cm³/mol. The maximum Gasteiger partial charge on any atom is 0.226 e. The fraction of sp³-hybridized carbons (Fsp3) is 0.933. The molecule has 0 N–H and O–H groups in total. The number of hydrogen-bond acceptors (Lipinski definition) is 1. The van der Waals surface area contributed by atoms with Crippen molar-refractivity contribution in [1.82, 2.24) is 4.90 Å². The zero-order valence-electron chi connectivity index (χ0n) is 12.4. The molecule has 0 bridgehead atoms. The van der Waals surface area contributed by atoms with Gasteiger partial charge >= 0.3 is 0 Å². The van der Waals surface area contributed by atoms with Crippen LogP contribution < -0.4 is 0 Å². The monoisotopic (exact) mass is 239 g/mol. The second-order valence-electron chi connectivity index (χ2n) is 6.50. The Morgan fingerprint density at radius 1 is 1.06 bits per heavy atom. The van der Waals surface area contributed by atoms with Gasteiger partial charge in [-0.1, -0.05) is 41.5 Å². The molecule has 0 spiro atoms. The van der Waals surface area contributed by atoms with Gasteiger partial charge in [0, 0.05) is 18.5 Å². The van der Waals surface area contributed by atoms with Gasteiger partial charge in [0.2, 0.25) is 5.91 Å². The van der Waals surface area contributed by atoms with Crippen molar-refractivity contribution in [3.63, 3.8) is 0 Å². The highest BCUT2D eigenvalue weighted by molar-refractivity contribution is 5.80. The van der Waals surface area contributed by atoms with Crippen molar-refractivity contribution in [2.45, 2.75) is 60.4 Å². The van der Waals surface area contributed by atoms with Crippen LogP contribution >= 0.6 is 0 Å². The fourth-order valence-corrected chi connectivity index (χ4v) is 3.29. The second kappa shape index (κ2) is 5.88. The number of hydrogen-bond donors (Lipinski definition) is 0. The Hall–Kier alpha value is -0.530. The molecule has 100 valence electrons. The molecule has 0 saturated carbocycles. The number of rotatable bonds is 4. The van der Waals surface area contributed by atoms with Crippen LogP contribution in [0, 0.1) is 23.7 Å². The molecule has 0 aromatic carbocycles. The molecule has 1 aliphatic heterocycles. The minimum atomic E-state index is 0.189. The Balaban J connectivity index is 2.80. The van der Waals surface area contributed by atoms with Gasteiger partial charge in [-0.05, 0) is 30.6 Å². The summed E-state index contributed by atoms with van der Waals surface area (Å²) in [6.45, 7) is 14.1. The molecule has 1 atom stereocenters. The summed E-state index contributed by atoms with van der Waals surface area (Å²) < 4.78 is 0. The summed E-state index contributed by atoms with van der Waals surface area (Å²) in [6.07, 6.45) is 2.36. The maximum atomic E-state index is 12.7. The lowest BCUT2D eigenvalue weighted by Gasteiger charge is -2.34. The molecule has 0 aliphatic carbocycles. The van der Waals surface area contributed by atoms with Gasteiger partial charge in [-0.25, -0.2) is 0 Å². The maximum absolute atomic E-state index is 12.7. The third kappa shape index (κ3) is 3.23. The van der Waals surface area contributed by atoms with Crippen molar-refractivity contribution in [2.75, 3.05) is 6.54 Å². The van der Waals surface area contributed by atoms with E-state index in [0.29, 0.717) is 29.7 Å². The molecular weight excluding hydrogens is 210 g/mol. The van der Waals surface area contributed by atoms with Gasteiger partial charge in [-0.3, -0.25) is 4.79 Å². The zero-order chi connectivity index (χ0) is 13.2. The van der Waals surface area contributed by atoms with Crippen molar-refractivity contribution in [1.29, 1.82) is 0 Å². The number of likely N-dealkylation sites (tertiary alicyclic amines) is 1. The first-order chi connectivity index (χ1) is 7.86. The first-order valence-electron chi connectivity index (χ1n) is 7.16. The summed E-state index contributed by atoms with van der Waals surface area (Å²) in [5, 5.41) is 0. The topological polar surface area (TPSA) is 20.3 Å². The molecule has 0 radical (unpaired) electrons. The number of carbonyl (C=O) groups excluding carboxylic acids is 1. The minimum absolute atomic E-state index is 0.189. The van der Waals surface area contributed by atoms with Crippen LogP contribution in [0.1, 0.15) is 54.4 Å². The largest absolute Gasteiger partial charge is 0.339 e. The smallest absolute Gasteiger partial charge is 0.226 e. The lowest BCUT2D eigenvalue weighted by atomic mass is 9.84. The molecule has 0 aromatic rings. The van der Waals surface area contributed by atoms with Crippen molar-refractivity contribution >= 4 is 5.91 Å². The van der Waals surface area contributed by atoms with E-state index in [-0.39, 0.29) is 5.92 Å². The van der Waals surface area contributed by atoms with Gasteiger partial charge in [0.25, 0.3) is 0 Å². The average molecular weight is 239 g/mol. The minimum Gasteiger partial charge on any atom is -0.339 e. The quantitative estimate of drug-likeness (QED) is 0.734. The Labute approximate surface area is 107 Å². The highest BCUT2D eigenvalue weighted by atomic mass is 16.2. The van der Waals surface area contributed by atoms with E-state index >= 15 is 0 Å². The van der Waals surface area contributed by atoms with Gasteiger partial charge in [0.05, 0.1) is 0 Å². The zero-order valence-corrected chi connectivity index (χ0v) is 12.4. The number of nitrogens with zero attached hydrogens (tertiary/aromatic N) is 1. The van der Waals surface area contributed by atoms with Crippen LogP contribution in [0.3, 0.4) is 0 Å². The summed E-state index contributed by atoms with van der Waals surface area (Å²) in [5.74, 6) is 2.05. The van der Waals surface area contributed by atoms with Gasteiger partial charge < -0.3 is 4.90 Å². The molecule has 1 amide bonds. The molecule has 0 unspecified atom stereocenters. The molecule has 0 aromatic heterocycles. The molecule has 1 aliphatic rings. The first-order valence-corrected chi connectivity index (χ1v) is 7.16. The summed E-state index contributed by atoms with van der Waals surface area (Å²) in [5.41, 5.74) is 0. The van der Waals surface area contributed by atoms with E-state index in [0.717, 1.165) is 6.54 Å². The SMILES string of the molecule is CC(C)C(C(=O)N1CCC[C@H]1C(C)C)C(C)C. The van der Waals surface area contributed by atoms with Crippen LogP contribution in [-0.2, 0) is 4.79 Å². The number of carbonyl (C=O) groups is 1. The van der Waals surface area contributed by atoms with Gasteiger partial charge in [-0.15, -0.1) is 0 Å². The molecule has 17 heavy (non-hydrogen) atoms. The third-order valence-electron chi connectivity index (χ3n) is 4.07. The van der Waals surface area contributed by atoms with E-state index in [1.807, 2.05) is 0 Å². The van der Waals surface area contributed by atoms with Gasteiger partial charge in [-0.2, -0.15) is 0 Å². The highest BCUT2D eigenvalue weighted by Crippen LogP contribution is 2.30. The van der Waals surface area contributed by atoms with E-state index in [2.05, 4.69) is 46.4 Å². The van der Waals surface area contributed by atoms with E-state index in [9.17, 15) is 4.79 Å². The molecule has 1 saturated heterocycles. The van der Waals surface area contributed by atoms with Crippen LogP contribution in [0.4, 0.5) is 0 Å². The lowest BCUT2D eigenvalue weighted by Crippen LogP contribution is -2.44. The van der Waals surface area contributed by atoms with E-state index in [1.165, 1.54) is 12.8 Å². The van der Waals surface area contributed by atoms with Crippen molar-refractivity contribution in [2.24, 2.45) is 23.7 Å². The standard InChI is InChI=1S/C15H29NO/c1-10(2)13-8-7-9-16(13)15(17)14(11(3)4)12(5)6/h10-14H,7-9H2,1-6H3/t13-/m0/s1. The van der Waals surface area contributed by atoms with E-state index in [4.69, 9.17) is 0 Å². The second-order valence-corrected chi connectivity index (χ2v) is 6.50. The van der Waals surface area contributed by atoms with E-state index < -0.39 is 0 Å². The Morgan fingerprint density at radius 2 is 1.59 bits per heavy atom. The lowest BCUT2D eigenvalue weighted by molar-refractivity contribution is -0.140. The first kappa shape index (κ1) is 14.5. The average Bonchev–Trinajstić information content (AvgIpc) is 2.63. The summed E-state index contributed by atoms with van der Waals surface area (Å²) in [6, 6.07) is 0.475. The molecule has 2 nitrogen and oxygen atoms in total. The molecule has 2 heteroatoms. The molecule has 1 heterocycles. The van der Waals surface area contributed by atoms with Gasteiger partial charge in [0.15, 0.2) is 0 Å². The van der Waals surface area contributed by atoms with Crippen LogP contribution in [0.2, 0.25) is 0 Å². The summed E-state index contributed by atoms with van der Waals surface area (Å²) in [7, 11) is 0. The normalized spacial score (nSPS) is 21.3. The Kier molecular flexibility index (Phi) is 5.03.